The highest BCUT2D eigenvalue weighted by Gasteiger charge is 2.32. The number of hydrogen-bond acceptors (Lipinski definition) is 5. The van der Waals surface area contributed by atoms with Crippen LogP contribution in [0.2, 0.25) is 0 Å². The normalized spacial score (nSPS) is 18.3. The van der Waals surface area contributed by atoms with Crippen LogP contribution in [0, 0.1) is 13.8 Å². The monoisotopic (exact) mass is 294 g/mol. The average molecular weight is 294 g/mol. The number of carbonyl (C=O) groups excluding carboxylic acids is 2. The van der Waals surface area contributed by atoms with Gasteiger partial charge in [-0.1, -0.05) is 11.8 Å². The van der Waals surface area contributed by atoms with E-state index in [-0.39, 0.29) is 11.7 Å². The van der Waals surface area contributed by atoms with Gasteiger partial charge in [0.05, 0.1) is 5.75 Å². The number of thioether (sulfide) groups is 1. The molecule has 0 saturated carbocycles. The lowest BCUT2D eigenvalue weighted by Crippen LogP contribution is -2.44. The van der Waals surface area contributed by atoms with Gasteiger partial charge >= 0.3 is 0 Å². The summed E-state index contributed by atoms with van der Waals surface area (Å²) < 4.78 is 0. The molecule has 7 heteroatoms. The topological polar surface area (TPSA) is 89.2 Å². The maximum Gasteiger partial charge on any atom is 0.240 e. The Balaban J connectivity index is 1.96. The number of aryl methyl sites for hydroxylation is 2. The Labute approximate surface area is 122 Å². The first-order chi connectivity index (χ1) is 9.47. The van der Waals surface area contributed by atoms with Gasteiger partial charge in [0.15, 0.2) is 5.16 Å². The Kier molecular flexibility index (Phi) is 4.59. The zero-order valence-corrected chi connectivity index (χ0v) is 12.4. The van der Waals surface area contributed by atoms with E-state index in [1.165, 1.54) is 11.8 Å². The summed E-state index contributed by atoms with van der Waals surface area (Å²) >= 11 is 1.29. The maximum absolute atomic E-state index is 12.1. The molecule has 1 fully saturated rings. The fourth-order valence-electron chi connectivity index (χ4n) is 2.33. The van der Waals surface area contributed by atoms with Crippen LogP contribution in [0.5, 0.6) is 0 Å². The van der Waals surface area contributed by atoms with Crippen molar-refractivity contribution in [3.8, 4) is 0 Å². The van der Waals surface area contributed by atoms with Crippen molar-refractivity contribution >= 4 is 23.6 Å². The number of carbonyl (C=O) groups is 2. The highest BCUT2D eigenvalue weighted by atomic mass is 32.2. The fourth-order valence-corrected chi connectivity index (χ4v) is 3.16. The van der Waals surface area contributed by atoms with E-state index >= 15 is 0 Å². The van der Waals surface area contributed by atoms with Crippen LogP contribution in [0.1, 0.15) is 24.2 Å². The van der Waals surface area contributed by atoms with Crippen LogP contribution in [0.25, 0.3) is 0 Å². The molecule has 1 aliphatic heterocycles. The van der Waals surface area contributed by atoms with E-state index in [0.29, 0.717) is 18.1 Å². The highest BCUT2D eigenvalue weighted by molar-refractivity contribution is 7.99. The minimum absolute atomic E-state index is 0.0842. The van der Waals surface area contributed by atoms with Crippen LogP contribution >= 0.6 is 11.8 Å². The number of nitrogens with zero attached hydrogens (tertiary/aromatic N) is 3. The largest absolute Gasteiger partial charge is 0.368 e. The van der Waals surface area contributed by atoms with Crippen LogP contribution < -0.4 is 5.73 Å². The van der Waals surface area contributed by atoms with Crippen LogP contribution in [0.3, 0.4) is 0 Å². The van der Waals surface area contributed by atoms with Gasteiger partial charge in [-0.15, -0.1) is 0 Å². The van der Waals surface area contributed by atoms with E-state index in [4.69, 9.17) is 5.73 Å². The lowest BCUT2D eigenvalue weighted by atomic mass is 10.2. The number of rotatable bonds is 4. The lowest BCUT2D eigenvalue weighted by molar-refractivity contribution is -0.135. The van der Waals surface area contributed by atoms with Gasteiger partial charge in [0.1, 0.15) is 6.04 Å². The van der Waals surface area contributed by atoms with Crippen LogP contribution in [-0.2, 0) is 9.59 Å². The Morgan fingerprint density at radius 2 is 2.05 bits per heavy atom. The first-order valence-electron chi connectivity index (χ1n) is 6.51. The average Bonchev–Trinajstić information content (AvgIpc) is 2.84. The first kappa shape index (κ1) is 14.8. The third kappa shape index (κ3) is 3.47. The molecule has 2 rings (SSSR count). The summed E-state index contributed by atoms with van der Waals surface area (Å²) in [6.07, 6.45) is 1.48. The van der Waals surface area contributed by atoms with Crippen molar-refractivity contribution in [3.05, 3.63) is 17.5 Å². The predicted molar refractivity (Wildman–Crippen MR) is 76.2 cm³/mol. The van der Waals surface area contributed by atoms with Crippen molar-refractivity contribution in [1.29, 1.82) is 0 Å². The van der Waals surface area contributed by atoms with Gasteiger partial charge in [-0.25, -0.2) is 9.97 Å². The zero-order valence-electron chi connectivity index (χ0n) is 11.6. The molecule has 1 atom stereocenters. The molecule has 0 unspecified atom stereocenters. The third-order valence-electron chi connectivity index (χ3n) is 3.19. The smallest absolute Gasteiger partial charge is 0.240 e. The minimum atomic E-state index is -0.455. The summed E-state index contributed by atoms with van der Waals surface area (Å²) in [5.41, 5.74) is 7.07. The molecule has 2 heterocycles. The number of primary amides is 1. The molecule has 2 N–H and O–H groups in total. The molecule has 0 spiro atoms. The van der Waals surface area contributed by atoms with Crippen LogP contribution in [-0.4, -0.2) is 45.0 Å². The van der Waals surface area contributed by atoms with Crippen LogP contribution in [0.15, 0.2) is 11.2 Å². The summed E-state index contributed by atoms with van der Waals surface area (Å²) in [4.78, 5) is 33.5. The minimum Gasteiger partial charge on any atom is -0.368 e. The van der Waals surface area contributed by atoms with Crippen molar-refractivity contribution in [2.75, 3.05) is 12.3 Å². The molecule has 1 saturated heterocycles. The van der Waals surface area contributed by atoms with Gasteiger partial charge in [0.25, 0.3) is 0 Å². The van der Waals surface area contributed by atoms with Crippen molar-refractivity contribution in [3.63, 3.8) is 0 Å². The number of amides is 2. The number of aromatic nitrogens is 2. The van der Waals surface area contributed by atoms with E-state index in [9.17, 15) is 9.59 Å². The maximum atomic E-state index is 12.1. The summed E-state index contributed by atoms with van der Waals surface area (Å²) in [5, 5.41) is 0.589. The van der Waals surface area contributed by atoms with E-state index < -0.39 is 11.9 Å². The van der Waals surface area contributed by atoms with Gasteiger partial charge in [-0.2, -0.15) is 0 Å². The standard InChI is InChI=1S/C13H18N4O2S/c1-8-6-9(2)16-13(15-8)20-7-11(18)17-5-3-4-10(17)12(14)19/h6,10H,3-5,7H2,1-2H3,(H2,14,19)/t10-/m1/s1. The lowest BCUT2D eigenvalue weighted by Gasteiger charge is -2.21. The van der Waals surface area contributed by atoms with Gasteiger partial charge in [0, 0.05) is 17.9 Å². The second-order valence-corrected chi connectivity index (χ2v) is 5.81. The molecule has 1 aromatic heterocycles. The number of nitrogens with two attached hydrogens (primary N) is 1. The number of hydrogen-bond donors (Lipinski definition) is 1. The predicted octanol–water partition coefficient (Wildman–Crippen LogP) is 0.662. The molecule has 1 aliphatic rings. The summed E-state index contributed by atoms with van der Waals surface area (Å²) in [6.45, 7) is 4.38. The Bertz CT molecular complexity index is 515. The molecule has 20 heavy (non-hydrogen) atoms. The quantitative estimate of drug-likeness (QED) is 0.651. The first-order valence-corrected chi connectivity index (χ1v) is 7.50. The Hall–Kier alpha value is -1.63. The molecule has 108 valence electrons. The molecule has 1 aromatic rings. The molecule has 2 amide bonds. The molecule has 0 radical (unpaired) electrons. The SMILES string of the molecule is Cc1cc(C)nc(SCC(=O)N2CCC[C@@H]2C(N)=O)n1. The fraction of sp³-hybridized carbons (Fsp3) is 0.538. The van der Waals surface area contributed by atoms with Gasteiger partial charge in [0.2, 0.25) is 11.8 Å². The summed E-state index contributed by atoms with van der Waals surface area (Å²) in [7, 11) is 0. The molecule has 0 aromatic carbocycles. The van der Waals surface area contributed by atoms with Gasteiger partial charge in [-0.3, -0.25) is 9.59 Å². The van der Waals surface area contributed by atoms with Crippen LogP contribution in [0.4, 0.5) is 0 Å². The molecule has 0 aliphatic carbocycles. The van der Waals surface area contributed by atoms with E-state index in [1.54, 1.807) is 4.90 Å². The molecule has 6 nitrogen and oxygen atoms in total. The number of likely N-dealkylation sites (tertiary alicyclic amines) is 1. The zero-order chi connectivity index (χ0) is 14.7. The van der Waals surface area contributed by atoms with E-state index in [2.05, 4.69) is 9.97 Å². The van der Waals surface area contributed by atoms with Gasteiger partial charge in [-0.05, 0) is 32.8 Å². The van der Waals surface area contributed by atoms with E-state index in [0.717, 1.165) is 17.8 Å². The highest BCUT2D eigenvalue weighted by Crippen LogP contribution is 2.20. The molecular formula is C13H18N4O2S. The molecular weight excluding hydrogens is 276 g/mol. The van der Waals surface area contributed by atoms with E-state index in [1.807, 2.05) is 19.9 Å². The van der Waals surface area contributed by atoms with Gasteiger partial charge < -0.3 is 10.6 Å². The summed E-state index contributed by atoms with van der Waals surface area (Å²) in [6, 6.07) is 1.43. The Morgan fingerprint density at radius 1 is 1.40 bits per heavy atom. The van der Waals surface area contributed by atoms with Crippen molar-refractivity contribution in [2.24, 2.45) is 5.73 Å². The van der Waals surface area contributed by atoms with Crippen molar-refractivity contribution in [2.45, 2.75) is 37.9 Å². The second-order valence-electron chi connectivity index (χ2n) is 4.87. The third-order valence-corrected chi connectivity index (χ3v) is 4.02. The Morgan fingerprint density at radius 3 is 2.65 bits per heavy atom. The summed E-state index contributed by atoms with van der Waals surface area (Å²) in [5.74, 6) is -0.283. The second kappa shape index (κ2) is 6.21. The van der Waals surface area contributed by atoms with Crippen molar-refractivity contribution in [1.82, 2.24) is 14.9 Å². The molecule has 0 bridgehead atoms. The van der Waals surface area contributed by atoms with Crippen molar-refractivity contribution < 1.29 is 9.59 Å².